The standard InChI is InChI=1S/C12H24N2O4S2/c15-19(16)9-5-12(6-10-19)20(17,18)14-8-4-11-3-1-2-7-13-11/h11-14H,1-10H2. The fourth-order valence-corrected chi connectivity index (χ4v) is 6.13. The Labute approximate surface area is 121 Å². The summed E-state index contributed by atoms with van der Waals surface area (Å²) in [6, 6.07) is 0.401. The lowest BCUT2D eigenvalue weighted by molar-refractivity contribution is 0.382. The molecule has 0 amide bonds. The minimum absolute atomic E-state index is 0.0112. The molecule has 0 radical (unpaired) electrons. The summed E-state index contributed by atoms with van der Waals surface area (Å²) in [5, 5.41) is 2.83. The Bertz CT molecular complexity index is 496. The number of hydrogen-bond donors (Lipinski definition) is 2. The van der Waals surface area contributed by atoms with E-state index in [1.807, 2.05) is 0 Å². The number of rotatable bonds is 5. The van der Waals surface area contributed by atoms with Crippen molar-refractivity contribution in [3.05, 3.63) is 0 Å². The molecular formula is C12H24N2O4S2. The SMILES string of the molecule is O=S1(=O)CCC(S(=O)(=O)NCCC2CCCCN2)CC1. The van der Waals surface area contributed by atoms with Gasteiger partial charge in [0.15, 0.2) is 0 Å². The van der Waals surface area contributed by atoms with Crippen LogP contribution in [0, 0.1) is 0 Å². The van der Waals surface area contributed by atoms with Crippen molar-refractivity contribution in [3.63, 3.8) is 0 Å². The molecule has 2 rings (SSSR count). The largest absolute Gasteiger partial charge is 0.314 e. The van der Waals surface area contributed by atoms with Crippen molar-refractivity contribution >= 4 is 19.9 Å². The van der Waals surface area contributed by atoms with Gasteiger partial charge in [0.1, 0.15) is 9.84 Å². The molecule has 0 aromatic rings. The minimum atomic E-state index is -3.38. The van der Waals surface area contributed by atoms with Crippen LogP contribution in [0.1, 0.15) is 38.5 Å². The fourth-order valence-electron chi connectivity index (χ4n) is 2.84. The summed E-state index contributed by atoms with van der Waals surface area (Å²) in [5.74, 6) is -0.0223. The van der Waals surface area contributed by atoms with Crippen LogP contribution in [0.3, 0.4) is 0 Å². The van der Waals surface area contributed by atoms with Gasteiger partial charge in [-0.3, -0.25) is 0 Å². The number of nitrogens with one attached hydrogen (secondary N) is 2. The number of piperidine rings is 1. The summed E-state index contributed by atoms with van der Waals surface area (Å²) in [7, 11) is -6.39. The normalized spacial score (nSPS) is 28.3. The summed E-state index contributed by atoms with van der Waals surface area (Å²) in [4.78, 5) is 0. The molecule has 1 atom stereocenters. The number of sulfonamides is 1. The zero-order valence-electron chi connectivity index (χ0n) is 11.7. The minimum Gasteiger partial charge on any atom is -0.314 e. The molecule has 6 nitrogen and oxygen atoms in total. The van der Waals surface area contributed by atoms with E-state index in [2.05, 4.69) is 10.0 Å². The highest BCUT2D eigenvalue weighted by Crippen LogP contribution is 2.18. The Kier molecular flexibility index (Phi) is 5.44. The third kappa shape index (κ3) is 4.68. The lowest BCUT2D eigenvalue weighted by atomic mass is 10.0. The van der Waals surface area contributed by atoms with Crippen molar-refractivity contribution in [1.82, 2.24) is 10.0 Å². The molecule has 2 heterocycles. The molecule has 8 heteroatoms. The third-order valence-electron chi connectivity index (χ3n) is 4.15. The second-order valence-corrected chi connectivity index (χ2v) is 10.1. The quantitative estimate of drug-likeness (QED) is 0.743. The van der Waals surface area contributed by atoms with Crippen molar-refractivity contribution in [2.45, 2.75) is 49.8 Å². The molecule has 0 bridgehead atoms. The summed E-state index contributed by atoms with van der Waals surface area (Å²) in [5.41, 5.74) is 0. The molecule has 0 aliphatic carbocycles. The molecule has 0 aromatic heterocycles. The molecule has 2 fully saturated rings. The van der Waals surface area contributed by atoms with E-state index in [0.29, 0.717) is 12.6 Å². The monoisotopic (exact) mass is 324 g/mol. The maximum Gasteiger partial charge on any atom is 0.214 e. The van der Waals surface area contributed by atoms with Gasteiger partial charge in [-0.05, 0) is 38.6 Å². The first-order valence-electron chi connectivity index (χ1n) is 7.31. The third-order valence-corrected chi connectivity index (χ3v) is 7.82. The van der Waals surface area contributed by atoms with Crippen molar-refractivity contribution in [2.24, 2.45) is 0 Å². The molecule has 0 saturated carbocycles. The van der Waals surface area contributed by atoms with Crippen LogP contribution in [0.25, 0.3) is 0 Å². The first-order chi connectivity index (χ1) is 9.39. The Morgan fingerprint density at radius 1 is 1.10 bits per heavy atom. The van der Waals surface area contributed by atoms with Crippen LogP contribution in [0.15, 0.2) is 0 Å². The summed E-state index contributed by atoms with van der Waals surface area (Å²) >= 11 is 0. The van der Waals surface area contributed by atoms with E-state index >= 15 is 0 Å². The van der Waals surface area contributed by atoms with Crippen molar-refractivity contribution < 1.29 is 16.8 Å². The Morgan fingerprint density at radius 2 is 1.80 bits per heavy atom. The van der Waals surface area contributed by atoms with Crippen LogP contribution < -0.4 is 10.0 Å². The van der Waals surface area contributed by atoms with Gasteiger partial charge in [0.25, 0.3) is 0 Å². The molecule has 1 unspecified atom stereocenters. The van der Waals surface area contributed by atoms with Gasteiger partial charge in [-0.1, -0.05) is 6.42 Å². The molecule has 2 aliphatic rings. The van der Waals surface area contributed by atoms with Gasteiger partial charge in [-0.15, -0.1) is 0 Å². The van der Waals surface area contributed by atoms with E-state index in [1.165, 1.54) is 12.8 Å². The van der Waals surface area contributed by atoms with Crippen molar-refractivity contribution in [1.29, 1.82) is 0 Å². The van der Waals surface area contributed by atoms with Gasteiger partial charge in [-0.25, -0.2) is 21.6 Å². The van der Waals surface area contributed by atoms with Gasteiger partial charge in [0.05, 0.1) is 16.8 Å². The van der Waals surface area contributed by atoms with Crippen molar-refractivity contribution in [3.8, 4) is 0 Å². The summed E-state index contributed by atoms with van der Waals surface area (Å²) in [6.07, 6.45) is 4.73. The van der Waals surface area contributed by atoms with Crippen LogP contribution in [0.2, 0.25) is 0 Å². The Hall–Kier alpha value is -0.180. The molecule has 0 aromatic carbocycles. The predicted octanol–water partition coefficient (Wildman–Crippen LogP) is 0.0152. The average Bonchev–Trinajstić information content (AvgIpc) is 2.39. The van der Waals surface area contributed by atoms with Gasteiger partial charge in [0, 0.05) is 12.6 Å². The topological polar surface area (TPSA) is 92.3 Å². The van der Waals surface area contributed by atoms with Crippen LogP contribution in [-0.4, -0.2) is 52.7 Å². The lowest BCUT2D eigenvalue weighted by Gasteiger charge is -2.25. The van der Waals surface area contributed by atoms with E-state index in [9.17, 15) is 16.8 Å². The molecule has 2 saturated heterocycles. The molecule has 0 spiro atoms. The number of hydrogen-bond acceptors (Lipinski definition) is 5. The van der Waals surface area contributed by atoms with Gasteiger partial charge < -0.3 is 5.32 Å². The maximum absolute atomic E-state index is 12.1. The van der Waals surface area contributed by atoms with E-state index in [1.54, 1.807) is 0 Å². The van der Waals surface area contributed by atoms with Crippen LogP contribution >= 0.6 is 0 Å². The van der Waals surface area contributed by atoms with Crippen LogP contribution in [-0.2, 0) is 19.9 Å². The average molecular weight is 324 g/mol. The lowest BCUT2D eigenvalue weighted by Crippen LogP contribution is -2.42. The van der Waals surface area contributed by atoms with E-state index in [-0.39, 0.29) is 24.3 Å². The molecule has 20 heavy (non-hydrogen) atoms. The zero-order valence-corrected chi connectivity index (χ0v) is 13.3. The summed E-state index contributed by atoms with van der Waals surface area (Å²) < 4.78 is 49.5. The highest BCUT2D eigenvalue weighted by molar-refractivity contribution is 7.92. The van der Waals surface area contributed by atoms with Crippen molar-refractivity contribution in [2.75, 3.05) is 24.6 Å². The second kappa shape index (κ2) is 6.72. The van der Waals surface area contributed by atoms with E-state index in [0.717, 1.165) is 19.4 Å². The predicted molar refractivity (Wildman–Crippen MR) is 78.9 cm³/mol. The van der Waals surface area contributed by atoms with Gasteiger partial charge in [0.2, 0.25) is 10.0 Å². The highest BCUT2D eigenvalue weighted by Gasteiger charge is 2.32. The smallest absolute Gasteiger partial charge is 0.214 e. The maximum atomic E-state index is 12.1. The molecule has 2 aliphatic heterocycles. The highest BCUT2D eigenvalue weighted by atomic mass is 32.2. The van der Waals surface area contributed by atoms with E-state index < -0.39 is 25.1 Å². The molecule has 2 N–H and O–H groups in total. The Balaban J connectivity index is 1.76. The van der Waals surface area contributed by atoms with Crippen LogP contribution in [0.4, 0.5) is 0 Å². The number of sulfone groups is 1. The Morgan fingerprint density at radius 3 is 2.40 bits per heavy atom. The fraction of sp³-hybridized carbons (Fsp3) is 1.00. The summed E-state index contributed by atoms with van der Waals surface area (Å²) in [6.45, 7) is 1.45. The zero-order chi connectivity index (χ0) is 14.6. The first-order valence-corrected chi connectivity index (χ1v) is 10.7. The second-order valence-electron chi connectivity index (χ2n) is 5.73. The van der Waals surface area contributed by atoms with Gasteiger partial charge in [-0.2, -0.15) is 0 Å². The first kappa shape index (κ1) is 16.2. The molecular weight excluding hydrogens is 300 g/mol. The molecule has 118 valence electrons. The van der Waals surface area contributed by atoms with Gasteiger partial charge >= 0.3 is 0 Å². The van der Waals surface area contributed by atoms with E-state index in [4.69, 9.17) is 0 Å². The van der Waals surface area contributed by atoms with Crippen LogP contribution in [0.5, 0.6) is 0 Å².